The summed E-state index contributed by atoms with van der Waals surface area (Å²) in [5.74, 6) is -0.352. The van der Waals surface area contributed by atoms with Gasteiger partial charge < -0.3 is 5.32 Å². The normalized spacial score (nSPS) is 11.5. The molecule has 0 radical (unpaired) electrons. The van der Waals surface area contributed by atoms with Crippen LogP contribution in [0.5, 0.6) is 0 Å². The van der Waals surface area contributed by atoms with E-state index in [4.69, 9.17) is 0 Å². The zero-order valence-electron chi connectivity index (χ0n) is 14.3. The number of sulfonamides is 1. The van der Waals surface area contributed by atoms with Gasteiger partial charge in [0.15, 0.2) is 0 Å². The number of aryl methyl sites for hydroxylation is 1. The van der Waals surface area contributed by atoms with E-state index in [1.54, 1.807) is 13.0 Å². The summed E-state index contributed by atoms with van der Waals surface area (Å²) in [4.78, 5) is 23.8. The topological polar surface area (TPSA) is 101 Å². The Labute approximate surface area is 146 Å². The lowest BCUT2D eigenvalue weighted by Gasteiger charge is -2.11. The number of amides is 1. The molecule has 0 saturated heterocycles. The Morgan fingerprint density at radius 1 is 1.16 bits per heavy atom. The maximum absolute atomic E-state index is 12.1. The first-order chi connectivity index (χ1) is 11.7. The molecule has 0 aliphatic rings. The van der Waals surface area contributed by atoms with Crippen molar-refractivity contribution in [3.8, 4) is 0 Å². The lowest BCUT2D eigenvalue weighted by molar-refractivity contribution is 0.0951. The molecule has 2 aromatic rings. The lowest BCUT2D eigenvalue weighted by atomic mass is 10.2. The molecule has 0 unspecified atom stereocenters. The number of aromatic nitrogens is 2. The third-order valence-corrected chi connectivity index (χ3v) is 5.33. The van der Waals surface area contributed by atoms with Gasteiger partial charge in [0.1, 0.15) is 0 Å². The summed E-state index contributed by atoms with van der Waals surface area (Å²) < 4.78 is 26.4. The molecular weight excluding hydrogens is 344 g/mol. The minimum Gasteiger partial charge on any atom is -0.350 e. The molecule has 0 bridgehead atoms. The summed E-state index contributed by atoms with van der Waals surface area (Å²) in [5.41, 5.74) is 0.809. The predicted molar refractivity (Wildman–Crippen MR) is 92.9 cm³/mol. The molecule has 134 valence electrons. The number of hydrogen-bond donors (Lipinski definition) is 1. The monoisotopic (exact) mass is 364 g/mol. The van der Waals surface area contributed by atoms with Gasteiger partial charge >= 0.3 is 0 Å². The van der Waals surface area contributed by atoms with Gasteiger partial charge in [-0.25, -0.2) is 17.4 Å². The fourth-order valence-corrected chi connectivity index (χ4v) is 2.98. The molecule has 1 N–H and O–H groups in total. The van der Waals surface area contributed by atoms with E-state index in [-0.39, 0.29) is 29.5 Å². The van der Waals surface area contributed by atoms with Crippen LogP contribution in [0.4, 0.5) is 0 Å². The van der Waals surface area contributed by atoms with Crippen molar-refractivity contribution in [1.29, 1.82) is 0 Å². The van der Waals surface area contributed by atoms with Crippen LogP contribution in [0.2, 0.25) is 0 Å². The Hall–Kier alpha value is -2.52. The molecule has 1 aromatic carbocycles. The molecule has 9 heteroatoms. The zero-order chi connectivity index (χ0) is 18.6. The smallest absolute Gasteiger partial charge is 0.266 e. The van der Waals surface area contributed by atoms with Crippen LogP contribution in [0.15, 0.2) is 46.1 Å². The van der Waals surface area contributed by atoms with Crippen molar-refractivity contribution in [3.63, 3.8) is 0 Å². The van der Waals surface area contributed by atoms with Gasteiger partial charge in [-0.1, -0.05) is 0 Å². The molecule has 1 heterocycles. The van der Waals surface area contributed by atoms with Crippen LogP contribution < -0.4 is 10.9 Å². The first kappa shape index (κ1) is 18.8. The molecule has 0 spiro atoms. The Bertz CT molecular complexity index is 918. The van der Waals surface area contributed by atoms with E-state index < -0.39 is 10.0 Å². The minimum atomic E-state index is -3.53. The van der Waals surface area contributed by atoms with Gasteiger partial charge in [-0.05, 0) is 37.3 Å². The summed E-state index contributed by atoms with van der Waals surface area (Å²) in [5, 5.41) is 6.76. The Kier molecular flexibility index (Phi) is 5.70. The van der Waals surface area contributed by atoms with E-state index in [0.717, 1.165) is 4.31 Å². The second-order valence-corrected chi connectivity index (χ2v) is 7.76. The SMILES string of the molecule is Cc1ccc(=O)n(CCNC(=O)c2ccc(S(=O)(=O)N(C)C)cc2)n1. The Balaban J connectivity index is 2.00. The van der Waals surface area contributed by atoms with Crippen molar-refractivity contribution >= 4 is 15.9 Å². The molecule has 8 nitrogen and oxygen atoms in total. The Morgan fingerprint density at radius 3 is 2.40 bits per heavy atom. The highest BCUT2D eigenvalue weighted by molar-refractivity contribution is 7.89. The van der Waals surface area contributed by atoms with Crippen LogP contribution in [0.1, 0.15) is 16.1 Å². The van der Waals surface area contributed by atoms with Gasteiger partial charge in [0, 0.05) is 32.3 Å². The summed E-state index contributed by atoms with van der Waals surface area (Å²) in [7, 11) is -0.643. The van der Waals surface area contributed by atoms with E-state index in [1.165, 1.54) is 49.1 Å². The first-order valence-corrected chi connectivity index (χ1v) is 9.01. The highest BCUT2D eigenvalue weighted by Gasteiger charge is 2.17. The number of carbonyl (C=O) groups is 1. The van der Waals surface area contributed by atoms with Gasteiger partial charge in [0.25, 0.3) is 11.5 Å². The standard InChI is InChI=1S/C16H20N4O4S/c1-12-4-9-15(21)20(18-12)11-10-17-16(22)13-5-7-14(8-6-13)25(23,24)19(2)3/h4-9H,10-11H2,1-3H3,(H,17,22). The molecule has 0 atom stereocenters. The third kappa shape index (κ3) is 4.52. The average molecular weight is 364 g/mol. The lowest BCUT2D eigenvalue weighted by Crippen LogP contribution is -2.32. The van der Waals surface area contributed by atoms with Crippen LogP contribution in [-0.4, -0.2) is 49.1 Å². The molecule has 1 aromatic heterocycles. The van der Waals surface area contributed by atoms with E-state index >= 15 is 0 Å². The van der Waals surface area contributed by atoms with Crippen molar-refractivity contribution in [2.24, 2.45) is 0 Å². The van der Waals surface area contributed by atoms with Gasteiger partial charge in [-0.2, -0.15) is 5.10 Å². The number of hydrogen-bond acceptors (Lipinski definition) is 5. The zero-order valence-corrected chi connectivity index (χ0v) is 15.1. The van der Waals surface area contributed by atoms with Crippen LogP contribution in [0.3, 0.4) is 0 Å². The summed E-state index contributed by atoms with van der Waals surface area (Å²) >= 11 is 0. The summed E-state index contributed by atoms with van der Waals surface area (Å²) in [6.07, 6.45) is 0. The molecule has 0 fully saturated rings. The number of nitrogens with one attached hydrogen (secondary N) is 1. The largest absolute Gasteiger partial charge is 0.350 e. The van der Waals surface area contributed by atoms with E-state index in [0.29, 0.717) is 11.3 Å². The number of carbonyl (C=O) groups excluding carboxylic acids is 1. The van der Waals surface area contributed by atoms with Crippen LogP contribution in [0, 0.1) is 6.92 Å². The predicted octanol–water partition coefficient (Wildman–Crippen LogP) is 0.232. The maximum Gasteiger partial charge on any atom is 0.266 e. The number of nitrogens with zero attached hydrogens (tertiary/aromatic N) is 3. The maximum atomic E-state index is 12.1. The molecule has 1 amide bonds. The van der Waals surface area contributed by atoms with E-state index in [9.17, 15) is 18.0 Å². The fraction of sp³-hybridized carbons (Fsp3) is 0.312. The van der Waals surface area contributed by atoms with E-state index in [1.807, 2.05) is 0 Å². The third-order valence-electron chi connectivity index (χ3n) is 3.50. The highest BCUT2D eigenvalue weighted by Crippen LogP contribution is 2.13. The molecule has 2 rings (SSSR count). The Morgan fingerprint density at radius 2 is 1.80 bits per heavy atom. The quantitative estimate of drug-likeness (QED) is 0.791. The molecule has 25 heavy (non-hydrogen) atoms. The fourth-order valence-electron chi connectivity index (χ4n) is 2.08. The highest BCUT2D eigenvalue weighted by atomic mass is 32.2. The second kappa shape index (κ2) is 7.58. The van der Waals surface area contributed by atoms with Gasteiger partial charge in [-0.3, -0.25) is 9.59 Å². The second-order valence-electron chi connectivity index (χ2n) is 5.60. The van der Waals surface area contributed by atoms with Crippen LogP contribution >= 0.6 is 0 Å². The molecule has 0 aliphatic carbocycles. The van der Waals surface area contributed by atoms with Crippen molar-refractivity contribution in [1.82, 2.24) is 19.4 Å². The van der Waals surface area contributed by atoms with Gasteiger partial charge in [0.2, 0.25) is 10.0 Å². The molecule has 0 aliphatic heterocycles. The van der Waals surface area contributed by atoms with Crippen molar-refractivity contribution in [3.05, 3.63) is 58.0 Å². The molecular formula is C16H20N4O4S. The summed E-state index contributed by atoms with van der Waals surface area (Å²) in [6.45, 7) is 2.25. The van der Waals surface area contributed by atoms with Crippen molar-refractivity contribution < 1.29 is 13.2 Å². The van der Waals surface area contributed by atoms with Gasteiger partial charge in [0.05, 0.1) is 17.1 Å². The van der Waals surface area contributed by atoms with Crippen molar-refractivity contribution in [2.45, 2.75) is 18.4 Å². The average Bonchev–Trinajstić information content (AvgIpc) is 2.57. The van der Waals surface area contributed by atoms with Crippen LogP contribution in [-0.2, 0) is 16.6 Å². The summed E-state index contributed by atoms with van der Waals surface area (Å²) in [6, 6.07) is 8.72. The van der Waals surface area contributed by atoms with Gasteiger partial charge in [-0.15, -0.1) is 0 Å². The molecule has 0 saturated carbocycles. The van der Waals surface area contributed by atoms with Crippen LogP contribution in [0.25, 0.3) is 0 Å². The number of benzene rings is 1. The number of rotatable bonds is 6. The van der Waals surface area contributed by atoms with E-state index in [2.05, 4.69) is 10.4 Å². The minimum absolute atomic E-state index is 0.115. The van der Waals surface area contributed by atoms with Crippen molar-refractivity contribution in [2.75, 3.05) is 20.6 Å². The first-order valence-electron chi connectivity index (χ1n) is 7.57.